The third-order valence-electron chi connectivity index (χ3n) is 6.05. The van der Waals surface area contributed by atoms with E-state index in [-0.39, 0.29) is 11.7 Å². The van der Waals surface area contributed by atoms with Crippen LogP contribution in [0.2, 0.25) is 0 Å². The van der Waals surface area contributed by atoms with Crippen LogP contribution in [0, 0.1) is 0 Å². The van der Waals surface area contributed by atoms with Gasteiger partial charge in [-0.25, -0.2) is 12.7 Å². The van der Waals surface area contributed by atoms with Crippen molar-refractivity contribution in [3.8, 4) is 11.3 Å². The van der Waals surface area contributed by atoms with Crippen LogP contribution < -0.4 is 5.32 Å². The Morgan fingerprint density at radius 3 is 2.32 bits per heavy atom. The summed E-state index contributed by atoms with van der Waals surface area (Å²) in [6.07, 6.45) is 2.57. The molecular formula is C23H26N4O3S. The summed E-state index contributed by atoms with van der Waals surface area (Å²) in [5.41, 5.74) is 2.72. The Labute approximate surface area is 182 Å². The molecule has 2 heterocycles. The molecule has 0 spiro atoms. The van der Waals surface area contributed by atoms with Gasteiger partial charge in [-0.1, -0.05) is 42.5 Å². The molecule has 1 fully saturated rings. The molecule has 1 aromatic heterocycles. The van der Waals surface area contributed by atoms with E-state index in [0.717, 1.165) is 16.8 Å². The first-order valence-corrected chi connectivity index (χ1v) is 12.0. The average molecular weight is 439 g/mol. The second-order valence-electron chi connectivity index (χ2n) is 7.75. The first kappa shape index (κ1) is 21.3. The van der Waals surface area contributed by atoms with Crippen LogP contribution in [0.1, 0.15) is 25.3 Å². The lowest BCUT2D eigenvalue weighted by Crippen LogP contribution is -2.51. The second-order valence-corrected chi connectivity index (χ2v) is 10.0. The Hall–Kier alpha value is -2.97. The van der Waals surface area contributed by atoms with E-state index in [4.69, 9.17) is 0 Å². The van der Waals surface area contributed by atoms with Crippen LogP contribution >= 0.6 is 0 Å². The van der Waals surface area contributed by atoms with E-state index >= 15 is 0 Å². The van der Waals surface area contributed by atoms with Crippen molar-refractivity contribution in [2.24, 2.45) is 0 Å². The molecule has 1 saturated heterocycles. The number of nitrogens with zero attached hydrogens (tertiary/aromatic N) is 2. The third-order valence-corrected chi connectivity index (χ3v) is 7.93. The number of piperidine rings is 1. The van der Waals surface area contributed by atoms with Crippen LogP contribution in [0.25, 0.3) is 11.3 Å². The fourth-order valence-electron chi connectivity index (χ4n) is 4.13. The molecule has 0 aliphatic carbocycles. The van der Waals surface area contributed by atoms with Gasteiger partial charge >= 0.3 is 0 Å². The quantitative estimate of drug-likeness (QED) is 0.617. The first-order chi connectivity index (χ1) is 14.9. The number of amides is 1. The molecule has 1 aliphatic heterocycles. The lowest BCUT2D eigenvalue weighted by Gasteiger charge is -2.40. The number of H-pyrrole nitrogens is 1. The van der Waals surface area contributed by atoms with Crippen molar-refractivity contribution in [1.29, 1.82) is 0 Å². The van der Waals surface area contributed by atoms with Gasteiger partial charge in [0.2, 0.25) is 15.9 Å². The summed E-state index contributed by atoms with van der Waals surface area (Å²) in [6.45, 7) is 2.31. The molecule has 162 valence electrons. The predicted octanol–water partition coefficient (Wildman–Crippen LogP) is 3.40. The van der Waals surface area contributed by atoms with Crippen molar-refractivity contribution < 1.29 is 13.2 Å². The minimum Gasteiger partial charge on any atom is -0.325 e. The molecule has 4 rings (SSSR count). The Bertz CT molecular complexity index is 1120. The molecule has 0 unspecified atom stereocenters. The van der Waals surface area contributed by atoms with Gasteiger partial charge in [0.15, 0.2) is 0 Å². The number of aromatic amines is 1. The van der Waals surface area contributed by atoms with Gasteiger partial charge in [0.25, 0.3) is 0 Å². The molecule has 0 radical (unpaired) electrons. The molecule has 7 nitrogen and oxygen atoms in total. The monoisotopic (exact) mass is 438 g/mol. The zero-order chi connectivity index (χ0) is 21.9. The number of hydrogen-bond acceptors (Lipinski definition) is 4. The number of anilines is 1. The number of carbonyl (C=O) groups excluding carboxylic acids is 1. The van der Waals surface area contributed by atoms with Crippen LogP contribution in [0.5, 0.6) is 0 Å². The zero-order valence-electron chi connectivity index (χ0n) is 17.4. The van der Waals surface area contributed by atoms with Crippen molar-refractivity contribution in [2.75, 3.05) is 24.2 Å². The highest BCUT2D eigenvalue weighted by atomic mass is 32.2. The summed E-state index contributed by atoms with van der Waals surface area (Å²) in [7, 11) is -3.27. The lowest BCUT2D eigenvalue weighted by atomic mass is 9.72. The highest BCUT2D eigenvalue weighted by molar-refractivity contribution is 7.89. The molecule has 2 aromatic carbocycles. The van der Waals surface area contributed by atoms with Crippen molar-refractivity contribution in [3.63, 3.8) is 0 Å². The number of carbonyl (C=O) groups is 1. The van der Waals surface area contributed by atoms with E-state index in [9.17, 15) is 13.2 Å². The molecular weight excluding hydrogens is 412 g/mol. The van der Waals surface area contributed by atoms with Crippen molar-refractivity contribution in [2.45, 2.75) is 25.2 Å². The maximum Gasteiger partial charge on any atom is 0.235 e. The van der Waals surface area contributed by atoms with Crippen LogP contribution in [0.3, 0.4) is 0 Å². The molecule has 0 atom stereocenters. The maximum absolute atomic E-state index is 13.5. The van der Waals surface area contributed by atoms with Gasteiger partial charge in [-0.2, -0.15) is 5.10 Å². The molecule has 8 heteroatoms. The molecule has 31 heavy (non-hydrogen) atoms. The lowest BCUT2D eigenvalue weighted by molar-refractivity contribution is -0.123. The molecule has 1 aliphatic rings. The van der Waals surface area contributed by atoms with Crippen molar-refractivity contribution in [1.82, 2.24) is 14.5 Å². The summed E-state index contributed by atoms with van der Waals surface area (Å²) in [5.74, 6) is -0.0400. The highest BCUT2D eigenvalue weighted by Gasteiger charge is 2.44. The topological polar surface area (TPSA) is 95.2 Å². The van der Waals surface area contributed by atoms with Crippen LogP contribution in [0.4, 0.5) is 5.69 Å². The Kier molecular flexibility index (Phi) is 5.93. The van der Waals surface area contributed by atoms with Gasteiger partial charge in [0, 0.05) is 25.0 Å². The minimum absolute atomic E-state index is 0.0697. The SMILES string of the molecule is CCS(=O)(=O)N1CCC(C(=O)Nc2ccc(-c3ccn[nH]3)cc2)(c2ccccc2)CC1. The fraction of sp³-hybridized carbons (Fsp3) is 0.304. The largest absolute Gasteiger partial charge is 0.325 e. The van der Waals surface area contributed by atoms with Gasteiger partial charge in [0.05, 0.1) is 16.9 Å². The number of hydrogen-bond donors (Lipinski definition) is 2. The number of nitrogens with one attached hydrogen (secondary N) is 2. The van der Waals surface area contributed by atoms with E-state index in [0.29, 0.717) is 31.6 Å². The van der Waals surface area contributed by atoms with E-state index in [2.05, 4.69) is 15.5 Å². The molecule has 1 amide bonds. The van der Waals surface area contributed by atoms with Crippen LogP contribution in [-0.2, 0) is 20.2 Å². The van der Waals surface area contributed by atoms with Gasteiger partial charge < -0.3 is 5.32 Å². The standard InChI is InChI=1S/C23H26N4O3S/c1-2-31(29,30)27-16-13-23(14-17-27,19-6-4-3-5-7-19)22(28)25-20-10-8-18(9-11-20)21-12-15-24-26-21/h3-12,15H,2,13-14,16-17H2,1H3,(H,24,26)(H,25,28). The average Bonchev–Trinajstić information content (AvgIpc) is 3.35. The molecule has 0 saturated carbocycles. The third kappa shape index (κ3) is 4.26. The van der Waals surface area contributed by atoms with E-state index in [1.165, 1.54) is 4.31 Å². The van der Waals surface area contributed by atoms with E-state index in [1.54, 1.807) is 13.1 Å². The highest BCUT2D eigenvalue weighted by Crippen LogP contribution is 2.37. The molecule has 3 aromatic rings. The summed E-state index contributed by atoms with van der Waals surface area (Å²) >= 11 is 0. The number of sulfonamides is 1. The first-order valence-electron chi connectivity index (χ1n) is 10.4. The van der Waals surface area contributed by atoms with Gasteiger partial charge in [-0.3, -0.25) is 9.89 Å². The smallest absolute Gasteiger partial charge is 0.235 e. The maximum atomic E-state index is 13.5. The summed E-state index contributed by atoms with van der Waals surface area (Å²) < 4.78 is 26.1. The Morgan fingerprint density at radius 2 is 1.74 bits per heavy atom. The van der Waals surface area contributed by atoms with Crippen LogP contribution in [0.15, 0.2) is 66.9 Å². The molecule has 2 N–H and O–H groups in total. The number of benzene rings is 2. The van der Waals surface area contributed by atoms with Crippen molar-refractivity contribution >= 4 is 21.6 Å². The van der Waals surface area contributed by atoms with Gasteiger partial charge in [-0.05, 0) is 49.1 Å². The van der Waals surface area contributed by atoms with Crippen LogP contribution in [-0.4, -0.2) is 47.7 Å². The summed E-state index contributed by atoms with van der Waals surface area (Å²) in [4.78, 5) is 13.5. The summed E-state index contributed by atoms with van der Waals surface area (Å²) in [5, 5.41) is 9.94. The number of rotatable bonds is 6. The number of aromatic nitrogens is 2. The summed E-state index contributed by atoms with van der Waals surface area (Å²) in [6, 6.07) is 19.1. The normalized spacial score (nSPS) is 16.7. The Balaban J connectivity index is 1.57. The Morgan fingerprint density at radius 1 is 1.06 bits per heavy atom. The van der Waals surface area contributed by atoms with Gasteiger partial charge in [-0.15, -0.1) is 0 Å². The van der Waals surface area contributed by atoms with E-state index in [1.807, 2.05) is 60.7 Å². The van der Waals surface area contributed by atoms with Crippen molar-refractivity contribution in [3.05, 3.63) is 72.4 Å². The molecule has 0 bridgehead atoms. The fourth-order valence-corrected chi connectivity index (χ4v) is 5.24. The second kappa shape index (κ2) is 8.64. The zero-order valence-corrected chi connectivity index (χ0v) is 18.2. The van der Waals surface area contributed by atoms with E-state index < -0.39 is 15.4 Å². The van der Waals surface area contributed by atoms with Gasteiger partial charge in [0.1, 0.15) is 0 Å². The predicted molar refractivity (Wildman–Crippen MR) is 121 cm³/mol. The minimum atomic E-state index is -3.27.